The van der Waals surface area contributed by atoms with E-state index in [1.165, 1.54) is 0 Å². The van der Waals surface area contributed by atoms with Crippen LogP contribution in [0.4, 0.5) is 9.59 Å². The number of nitrogens with two attached hydrogens (primary N) is 1. The third-order valence-corrected chi connectivity index (χ3v) is 7.55. The molecule has 4 amide bonds. The van der Waals surface area contributed by atoms with Crippen molar-refractivity contribution >= 4 is 24.0 Å². The fourth-order valence-electron chi connectivity index (χ4n) is 5.81. The van der Waals surface area contributed by atoms with E-state index in [1.54, 1.807) is 20.8 Å². The lowest BCUT2D eigenvalue weighted by molar-refractivity contribution is -0.134. The molecule has 38 heavy (non-hydrogen) atoms. The first kappa shape index (κ1) is 29.3. The van der Waals surface area contributed by atoms with Gasteiger partial charge in [-0.15, -0.1) is 0 Å². The van der Waals surface area contributed by atoms with Crippen molar-refractivity contribution in [2.45, 2.75) is 89.9 Å². The number of amides is 4. The monoisotopic (exact) mass is 530 g/mol. The average molecular weight is 531 g/mol. The standard InChI is InChI=1S/C28H42N4O6/c1-28(2,3)38-26(35)30-16-8-7-11-21(32(27(36)37)17-18-9-5-4-6-10-18)25(34)31-23-20-14-12-19(13-15-20)22(23)24(29)33/h4-6,9-10,19-23H,7-8,11-17H2,1-3H3,(H2,29,33)(H,30,35)(H,31,34)(H,36,37)/t19?,20?,21-,22?,23?/m0/s1. The fourth-order valence-corrected chi connectivity index (χ4v) is 5.81. The van der Waals surface area contributed by atoms with Gasteiger partial charge in [-0.25, -0.2) is 9.59 Å². The summed E-state index contributed by atoms with van der Waals surface area (Å²) in [4.78, 5) is 51.4. The van der Waals surface area contributed by atoms with Crippen LogP contribution in [0, 0.1) is 17.8 Å². The Morgan fingerprint density at radius 2 is 1.68 bits per heavy atom. The molecule has 0 aromatic heterocycles. The zero-order valence-electron chi connectivity index (χ0n) is 22.7. The molecule has 3 fully saturated rings. The van der Waals surface area contributed by atoms with Crippen molar-refractivity contribution in [3.05, 3.63) is 35.9 Å². The van der Waals surface area contributed by atoms with Gasteiger partial charge in [-0.05, 0) is 83.1 Å². The molecule has 5 N–H and O–H groups in total. The molecule has 3 atom stereocenters. The van der Waals surface area contributed by atoms with Crippen LogP contribution in [-0.4, -0.2) is 58.2 Å². The van der Waals surface area contributed by atoms with E-state index in [2.05, 4.69) is 10.6 Å². The van der Waals surface area contributed by atoms with Crippen molar-refractivity contribution in [3.63, 3.8) is 0 Å². The molecule has 0 aliphatic heterocycles. The van der Waals surface area contributed by atoms with Crippen LogP contribution in [0.1, 0.15) is 71.3 Å². The van der Waals surface area contributed by atoms with Gasteiger partial charge in [0.15, 0.2) is 0 Å². The van der Waals surface area contributed by atoms with E-state index in [0.29, 0.717) is 19.4 Å². The van der Waals surface area contributed by atoms with Gasteiger partial charge in [0.05, 0.1) is 5.92 Å². The van der Waals surface area contributed by atoms with Gasteiger partial charge < -0.3 is 26.2 Å². The van der Waals surface area contributed by atoms with E-state index < -0.39 is 41.6 Å². The van der Waals surface area contributed by atoms with Crippen LogP contribution < -0.4 is 16.4 Å². The number of rotatable bonds is 11. The van der Waals surface area contributed by atoms with Crippen LogP contribution in [0.2, 0.25) is 0 Å². The quantitative estimate of drug-likeness (QED) is 0.321. The first-order valence-corrected chi connectivity index (χ1v) is 13.6. The van der Waals surface area contributed by atoms with Gasteiger partial charge >= 0.3 is 12.2 Å². The molecular formula is C28H42N4O6. The van der Waals surface area contributed by atoms with E-state index in [-0.39, 0.29) is 30.8 Å². The number of nitrogens with one attached hydrogen (secondary N) is 2. The predicted molar refractivity (Wildman–Crippen MR) is 142 cm³/mol. The summed E-state index contributed by atoms with van der Waals surface area (Å²) >= 11 is 0. The minimum Gasteiger partial charge on any atom is -0.465 e. The van der Waals surface area contributed by atoms with Crippen molar-refractivity contribution in [2.75, 3.05) is 6.54 Å². The highest BCUT2D eigenvalue weighted by Crippen LogP contribution is 2.45. The third kappa shape index (κ3) is 8.10. The van der Waals surface area contributed by atoms with Crippen molar-refractivity contribution in [2.24, 2.45) is 23.5 Å². The Morgan fingerprint density at radius 1 is 1.05 bits per heavy atom. The second-order valence-electron chi connectivity index (χ2n) is 11.5. The predicted octanol–water partition coefficient (Wildman–Crippen LogP) is 3.64. The van der Waals surface area contributed by atoms with E-state index in [1.807, 2.05) is 30.3 Å². The molecule has 3 aliphatic carbocycles. The van der Waals surface area contributed by atoms with Crippen LogP contribution in [-0.2, 0) is 20.9 Å². The molecule has 2 unspecified atom stereocenters. The first-order chi connectivity index (χ1) is 18.0. The number of nitrogens with zero attached hydrogens (tertiary/aromatic N) is 1. The molecule has 4 rings (SSSR count). The lowest BCUT2D eigenvalue weighted by atomic mass is 9.61. The number of hydrogen-bond donors (Lipinski definition) is 4. The molecule has 0 heterocycles. The lowest BCUT2D eigenvalue weighted by Crippen LogP contribution is -2.60. The normalized spacial score (nSPS) is 23.2. The number of carbonyl (C=O) groups is 4. The zero-order chi connectivity index (χ0) is 27.9. The van der Waals surface area contributed by atoms with E-state index in [0.717, 1.165) is 36.1 Å². The molecular weight excluding hydrogens is 488 g/mol. The number of hydrogen-bond acceptors (Lipinski definition) is 5. The molecule has 1 aromatic carbocycles. The van der Waals surface area contributed by atoms with Crippen LogP contribution in [0.3, 0.4) is 0 Å². The number of alkyl carbamates (subject to hydrolysis) is 1. The molecule has 3 saturated carbocycles. The van der Waals surface area contributed by atoms with E-state index >= 15 is 0 Å². The minimum atomic E-state index is -1.20. The average Bonchev–Trinajstić information content (AvgIpc) is 2.85. The topological polar surface area (TPSA) is 151 Å². The number of ether oxygens (including phenoxy) is 1. The van der Waals surface area contributed by atoms with Crippen LogP contribution in [0.25, 0.3) is 0 Å². The number of fused-ring (bicyclic) bond motifs is 3. The highest BCUT2D eigenvalue weighted by atomic mass is 16.6. The fraction of sp³-hybridized carbons (Fsp3) is 0.643. The minimum absolute atomic E-state index is 0.0559. The molecule has 1 aromatic rings. The number of carbonyl (C=O) groups excluding carboxylic acids is 3. The van der Waals surface area contributed by atoms with Crippen molar-refractivity contribution in [1.29, 1.82) is 0 Å². The third-order valence-electron chi connectivity index (χ3n) is 7.55. The zero-order valence-corrected chi connectivity index (χ0v) is 22.7. The van der Waals surface area contributed by atoms with Crippen molar-refractivity contribution in [3.8, 4) is 0 Å². The number of unbranched alkanes of at least 4 members (excludes halogenated alkanes) is 1. The Kier molecular flexibility index (Phi) is 9.99. The van der Waals surface area contributed by atoms with Gasteiger partial charge in [0.25, 0.3) is 0 Å². The number of benzene rings is 1. The Bertz CT molecular complexity index is 971. The largest absolute Gasteiger partial charge is 0.465 e. The Balaban J connectivity index is 1.70. The summed E-state index contributed by atoms with van der Waals surface area (Å²) in [6.45, 7) is 5.74. The molecule has 3 aliphatic rings. The number of primary amides is 1. The van der Waals surface area contributed by atoms with Crippen molar-refractivity contribution < 1.29 is 29.0 Å². The molecule has 0 radical (unpaired) electrons. The Labute approximate surface area is 224 Å². The molecule has 0 saturated heterocycles. The summed E-state index contributed by atoms with van der Waals surface area (Å²) < 4.78 is 5.24. The van der Waals surface area contributed by atoms with Gasteiger partial charge in [-0.3, -0.25) is 14.5 Å². The molecule has 0 spiro atoms. The van der Waals surface area contributed by atoms with Crippen molar-refractivity contribution in [1.82, 2.24) is 15.5 Å². The number of carboxylic acid groups (broad SMARTS) is 1. The molecule has 10 heteroatoms. The SMILES string of the molecule is CC(C)(C)OC(=O)NCCCC[C@@H](C(=O)NC1C2CCC(CC2)C1C(N)=O)N(Cc1ccccc1)C(=O)O. The molecule has 210 valence electrons. The summed E-state index contributed by atoms with van der Waals surface area (Å²) in [5.74, 6) is -0.939. The second kappa shape index (κ2) is 13.0. The van der Waals surface area contributed by atoms with Crippen LogP contribution >= 0.6 is 0 Å². The first-order valence-electron chi connectivity index (χ1n) is 13.6. The highest BCUT2D eigenvalue weighted by molar-refractivity contribution is 5.86. The van der Waals surface area contributed by atoms with Gasteiger partial charge in [0, 0.05) is 19.1 Å². The summed E-state index contributed by atoms with van der Waals surface area (Å²) in [5.41, 5.74) is 5.91. The molecule has 10 nitrogen and oxygen atoms in total. The maximum Gasteiger partial charge on any atom is 0.408 e. The van der Waals surface area contributed by atoms with Gasteiger partial charge in [-0.2, -0.15) is 0 Å². The lowest BCUT2D eigenvalue weighted by Gasteiger charge is -2.48. The Hall–Kier alpha value is -3.30. The van der Waals surface area contributed by atoms with Gasteiger partial charge in [0.2, 0.25) is 11.8 Å². The van der Waals surface area contributed by atoms with Gasteiger partial charge in [-0.1, -0.05) is 30.3 Å². The second-order valence-corrected chi connectivity index (χ2v) is 11.5. The molecule has 2 bridgehead atoms. The maximum absolute atomic E-state index is 13.7. The summed E-state index contributed by atoms with van der Waals surface area (Å²) in [6.07, 6.45) is 3.29. The smallest absolute Gasteiger partial charge is 0.408 e. The Morgan fingerprint density at radius 3 is 2.26 bits per heavy atom. The van der Waals surface area contributed by atoms with Crippen LogP contribution in [0.5, 0.6) is 0 Å². The van der Waals surface area contributed by atoms with Crippen LogP contribution in [0.15, 0.2) is 30.3 Å². The maximum atomic E-state index is 13.7. The summed E-state index contributed by atoms with van der Waals surface area (Å²) in [6, 6.07) is 7.79. The summed E-state index contributed by atoms with van der Waals surface area (Å²) in [7, 11) is 0. The van der Waals surface area contributed by atoms with E-state index in [4.69, 9.17) is 10.5 Å². The van der Waals surface area contributed by atoms with Gasteiger partial charge in [0.1, 0.15) is 11.6 Å². The summed E-state index contributed by atoms with van der Waals surface area (Å²) in [5, 5.41) is 15.8. The van der Waals surface area contributed by atoms with E-state index in [9.17, 15) is 24.3 Å². The highest BCUT2D eigenvalue weighted by Gasteiger charge is 2.47.